The van der Waals surface area contributed by atoms with E-state index >= 15 is 0 Å². The molecule has 1 aliphatic rings. The number of aliphatic hydroxyl groups excluding tert-OH is 1. The number of carbonyl (C=O) groups is 1. The van der Waals surface area contributed by atoms with Crippen LogP contribution in [-0.2, 0) is 4.79 Å². The van der Waals surface area contributed by atoms with Gasteiger partial charge < -0.3 is 15.7 Å². The molecule has 0 aromatic carbocycles. The van der Waals surface area contributed by atoms with E-state index < -0.39 is 18.6 Å². The number of hydrogen-bond donors (Lipinski definition) is 3. The second-order valence-corrected chi connectivity index (χ2v) is 4.66. The molecule has 0 saturated heterocycles. The molecule has 0 aromatic heterocycles. The fraction of sp³-hybridized carbons (Fsp3) is 0.909. The number of alkyl halides is 3. The third-order valence-corrected chi connectivity index (χ3v) is 3.22. The Hall–Kier alpha value is -0.820. The SMILES string of the molecule is O=C(CNCC(F)(F)F)NCC1CCCC1CO. The molecular weight excluding hydrogens is 249 g/mol. The van der Waals surface area contributed by atoms with Crippen LogP contribution in [0.3, 0.4) is 0 Å². The first-order valence-corrected chi connectivity index (χ1v) is 6.07. The predicted molar refractivity (Wildman–Crippen MR) is 59.9 cm³/mol. The van der Waals surface area contributed by atoms with Crippen molar-refractivity contribution in [1.82, 2.24) is 10.6 Å². The third kappa shape index (κ3) is 5.68. The summed E-state index contributed by atoms with van der Waals surface area (Å²) in [7, 11) is 0. The highest BCUT2D eigenvalue weighted by atomic mass is 19.4. The summed E-state index contributed by atoms with van der Waals surface area (Å²) in [5, 5.41) is 13.7. The molecule has 0 heterocycles. The first-order chi connectivity index (χ1) is 8.42. The summed E-state index contributed by atoms with van der Waals surface area (Å²) in [5.41, 5.74) is 0. The third-order valence-electron chi connectivity index (χ3n) is 3.22. The van der Waals surface area contributed by atoms with E-state index in [0.29, 0.717) is 6.54 Å². The van der Waals surface area contributed by atoms with Crippen LogP contribution in [0.1, 0.15) is 19.3 Å². The lowest BCUT2D eigenvalue weighted by Gasteiger charge is -2.18. The Labute approximate surface area is 104 Å². The molecule has 1 rings (SSSR count). The zero-order valence-electron chi connectivity index (χ0n) is 10.1. The second kappa shape index (κ2) is 6.94. The van der Waals surface area contributed by atoms with Gasteiger partial charge in [0.15, 0.2) is 0 Å². The molecular formula is C11H19F3N2O2. The Morgan fingerprint density at radius 1 is 1.28 bits per heavy atom. The minimum atomic E-state index is -4.30. The van der Waals surface area contributed by atoms with Gasteiger partial charge in [-0.25, -0.2) is 0 Å². The molecule has 2 atom stereocenters. The van der Waals surface area contributed by atoms with Gasteiger partial charge >= 0.3 is 6.18 Å². The van der Waals surface area contributed by atoms with Crippen molar-refractivity contribution >= 4 is 5.91 Å². The predicted octanol–water partition coefficient (Wildman–Crippen LogP) is 0.663. The number of hydrogen-bond acceptors (Lipinski definition) is 3. The van der Waals surface area contributed by atoms with Crippen LogP contribution >= 0.6 is 0 Å². The molecule has 7 heteroatoms. The Morgan fingerprint density at radius 2 is 1.94 bits per heavy atom. The quantitative estimate of drug-likeness (QED) is 0.663. The van der Waals surface area contributed by atoms with Gasteiger partial charge in [0.2, 0.25) is 5.91 Å². The largest absolute Gasteiger partial charge is 0.401 e. The molecule has 0 radical (unpaired) electrons. The smallest absolute Gasteiger partial charge is 0.396 e. The van der Waals surface area contributed by atoms with Crippen LogP contribution < -0.4 is 10.6 Å². The lowest BCUT2D eigenvalue weighted by atomic mass is 9.97. The van der Waals surface area contributed by atoms with Crippen LogP contribution in [0.4, 0.5) is 13.2 Å². The van der Waals surface area contributed by atoms with Crippen molar-refractivity contribution in [2.24, 2.45) is 11.8 Å². The van der Waals surface area contributed by atoms with Crippen molar-refractivity contribution in [3.8, 4) is 0 Å². The van der Waals surface area contributed by atoms with Gasteiger partial charge in [-0.05, 0) is 24.7 Å². The molecule has 3 N–H and O–H groups in total. The van der Waals surface area contributed by atoms with E-state index in [-0.39, 0.29) is 25.0 Å². The van der Waals surface area contributed by atoms with Gasteiger partial charge in [0.25, 0.3) is 0 Å². The summed E-state index contributed by atoms with van der Waals surface area (Å²) in [5.74, 6) is -0.00200. The van der Waals surface area contributed by atoms with E-state index in [4.69, 9.17) is 5.11 Å². The maximum atomic E-state index is 11.8. The van der Waals surface area contributed by atoms with Gasteiger partial charge in [-0.15, -0.1) is 0 Å². The number of carbonyl (C=O) groups excluding carboxylic acids is 1. The summed E-state index contributed by atoms with van der Waals surface area (Å²) in [6.45, 7) is -0.968. The Bertz CT molecular complexity index is 272. The highest BCUT2D eigenvalue weighted by molar-refractivity contribution is 5.77. The van der Waals surface area contributed by atoms with Crippen LogP contribution in [0.15, 0.2) is 0 Å². The van der Waals surface area contributed by atoms with Crippen LogP contribution in [0.25, 0.3) is 0 Å². The first kappa shape index (κ1) is 15.2. The van der Waals surface area contributed by atoms with Crippen molar-refractivity contribution < 1.29 is 23.1 Å². The summed E-state index contributed by atoms with van der Waals surface area (Å²) in [6, 6.07) is 0. The molecule has 0 aromatic rings. The Kier molecular flexibility index (Phi) is 5.87. The van der Waals surface area contributed by atoms with Gasteiger partial charge in [0.05, 0.1) is 13.1 Å². The van der Waals surface area contributed by atoms with E-state index in [1.807, 2.05) is 5.32 Å². The average molecular weight is 268 g/mol. The molecule has 1 amide bonds. The van der Waals surface area contributed by atoms with E-state index in [2.05, 4.69) is 5.32 Å². The highest BCUT2D eigenvalue weighted by Crippen LogP contribution is 2.30. The lowest BCUT2D eigenvalue weighted by Crippen LogP contribution is -2.40. The van der Waals surface area contributed by atoms with Crippen molar-refractivity contribution in [2.45, 2.75) is 25.4 Å². The topological polar surface area (TPSA) is 61.4 Å². The minimum absolute atomic E-state index is 0.104. The average Bonchev–Trinajstić information content (AvgIpc) is 2.71. The van der Waals surface area contributed by atoms with Gasteiger partial charge in [-0.3, -0.25) is 4.79 Å². The van der Waals surface area contributed by atoms with Gasteiger partial charge in [0.1, 0.15) is 0 Å². The number of rotatable bonds is 6. The molecule has 1 saturated carbocycles. The number of halogens is 3. The van der Waals surface area contributed by atoms with Gasteiger partial charge in [-0.2, -0.15) is 13.2 Å². The minimum Gasteiger partial charge on any atom is -0.396 e. The van der Waals surface area contributed by atoms with Crippen LogP contribution in [0, 0.1) is 11.8 Å². The molecule has 18 heavy (non-hydrogen) atoms. The monoisotopic (exact) mass is 268 g/mol. The molecule has 2 unspecified atom stereocenters. The van der Waals surface area contributed by atoms with Crippen LogP contribution in [0.2, 0.25) is 0 Å². The van der Waals surface area contributed by atoms with Crippen LogP contribution in [0.5, 0.6) is 0 Å². The Morgan fingerprint density at radius 3 is 2.56 bits per heavy atom. The number of aliphatic hydroxyl groups is 1. The van der Waals surface area contributed by atoms with Crippen molar-refractivity contribution in [3.63, 3.8) is 0 Å². The normalized spacial score (nSPS) is 24.2. The molecule has 106 valence electrons. The van der Waals surface area contributed by atoms with E-state index in [1.54, 1.807) is 0 Å². The zero-order valence-corrected chi connectivity index (χ0v) is 10.1. The van der Waals surface area contributed by atoms with E-state index in [0.717, 1.165) is 19.3 Å². The summed E-state index contributed by atoms with van der Waals surface area (Å²) >= 11 is 0. The van der Waals surface area contributed by atoms with Crippen LogP contribution in [-0.4, -0.2) is 43.4 Å². The zero-order chi connectivity index (χ0) is 13.6. The van der Waals surface area contributed by atoms with E-state index in [9.17, 15) is 18.0 Å². The maximum absolute atomic E-state index is 11.8. The Balaban J connectivity index is 2.13. The number of nitrogens with one attached hydrogen (secondary N) is 2. The van der Waals surface area contributed by atoms with E-state index in [1.165, 1.54) is 0 Å². The second-order valence-electron chi connectivity index (χ2n) is 4.66. The van der Waals surface area contributed by atoms with Gasteiger partial charge in [-0.1, -0.05) is 6.42 Å². The molecule has 0 aliphatic heterocycles. The van der Waals surface area contributed by atoms with Crippen molar-refractivity contribution in [1.29, 1.82) is 0 Å². The number of amides is 1. The summed E-state index contributed by atoms with van der Waals surface area (Å²) in [4.78, 5) is 11.3. The summed E-state index contributed by atoms with van der Waals surface area (Å²) < 4.78 is 35.4. The molecule has 1 aliphatic carbocycles. The molecule has 1 fully saturated rings. The van der Waals surface area contributed by atoms with Crippen molar-refractivity contribution in [3.05, 3.63) is 0 Å². The molecule has 4 nitrogen and oxygen atoms in total. The van der Waals surface area contributed by atoms with Gasteiger partial charge in [0, 0.05) is 13.2 Å². The lowest BCUT2D eigenvalue weighted by molar-refractivity contribution is -0.128. The van der Waals surface area contributed by atoms with Crippen molar-refractivity contribution in [2.75, 3.05) is 26.2 Å². The highest BCUT2D eigenvalue weighted by Gasteiger charge is 2.28. The first-order valence-electron chi connectivity index (χ1n) is 6.07. The fourth-order valence-corrected chi connectivity index (χ4v) is 2.25. The molecule has 0 spiro atoms. The fourth-order valence-electron chi connectivity index (χ4n) is 2.25. The maximum Gasteiger partial charge on any atom is 0.401 e. The summed E-state index contributed by atoms with van der Waals surface area (Å²) in [6.07, 6.45) is -1.38. The molecule has 0 bridgehead atoms. The standard InChI is InChI=1S/C11H19F3N2O2/c12-11(13,14)7-15-5-10(18)16-4-8-2-1-3-9(8)6-17/h8-9,15,17H,1-7H2,(H,16,18).